The number of benzene rings is 1. The van der Waals surface area contributed by atoms with E-state index in [4.69, 9.17) is 4.74 Å². The molecule has 27 heavy (non-hydrogen) atoms. The number of carbonyl (C=O) groups excluding carboxylic acids is 1. The van der Waals surface area contributed by atoms with Crippen molar-refractivity contribution in [3.63, 3.8) is 0 Å². The Morgan fingerprint density at radius 3 is 2.96 bits per heavy atom. The van der Waals surface area contributed by atoms with Crippen molar-refractivity contribution in [3.05, 3.63) is 71.2 Å². The fourth-order valence-electron chi connectivity index (χ4n) is 2.89. The minimum Gasteiger partial charge on any atom is -0.497 e. The molecule has 134 valence electrons. The molecule has 0 aliphatic rings. The Kier molecular flexibility index (Phi) is 4.60. The van der Waals surface area contributed by atoms with Gasteiger partial charge in [-0.2, -0.15) is 0 Å². The van der Waals surface area contributed by atoms with E-state index >= 15 is 0 Å². The van der Waals surface area contributed by atoms with Crippen molar-refractivity contribution in [3.8, 4) is 16.9 Å². The molecule has 0 radical (unpaired) electrons. The Balaban J connectivity index is 1.70. The highest BCUT2D eigenvalue weighted by molar-refractivity contribution is 9.10. The topological polar surface area (TPSA) is 79.9 Å². The van der Waals surface area contributed by atoms with E-state index in [0.717, 1.165) is 26.7 Å². The Morgan fingerprint density at radius 2 is 2.11 bits per heavy atom. The predicted molar refractivity (Wildman–Crippen MR) is 108 cm³/mol. The van der Waals surface area contributed by atoms with Gasteiger partial charge in [0.05, 0.1) is 24.6 Å². The molecule has 0 bridgehead atoms. The fourth-order valence-corrected chi connectivity index (χ4v) is 3.22. The van der Waals surface area contributed by atoms with Crippen LogP contribution in [0, 0.1) is 0 Å². The number of methoxy groups -OCH3 is 1. The number of fused-ring (bicyclic) bond motifs is 1. The number of carbonyl (C=O) groups is 1. The summed E-state index contributed by atoms with van der Waals surface area (Å²) in [4.78, 5) is 24.3. The van der Waals surface area contributed by atoms with Gasteiger partial charge in [0.15, 0.2) is 0 Å². The summed E-state index contributed by atoms with van der Waals surface area (Å²) < 4.78 is 6.10. The molecule has 6 nitrogen and oxygen atoms in total. The molecule has 1 amide bonds. The van der Waals surface area contributed by atoms with E-state index in [0.29, 0.717) is 16.9 Å². The molecule has 0 saturated carbocycles. The third kappa shape index (κ3) is 3.41. The van der Waals surface area contributed by atoms with Crippen LogP contribution >= 0.6 is 15.9 Å². The van der Waals surface area contributed by atoms with Crippen LogP contribution < -0.4 is 10.1 Å². The van der Waals surface area contributed by atoms with Crippen LogP contribution in [-0.4, -0.2) is 28.0 Å². The highest BCUT2D eigenvalue weighted by Gasteiger charge is 2.15. The number of rotatable bonds is 4. The van der Waals surface area contributed by atoms with E-state index in [2.05, 4.69) is 36.2 Å². The van der Waals surface area contributed by atoms with Crippen molar-refractivity contribution in [2.45, 2.75) is 0 Å². The second kappa shape index (κ2) is 7.20. The number of pyridine rings is 2. The molecule has 0 fully saturated rings. The van der Waals surface area contributed by atoms with Crippen molar-refractivity contribution in [2.75, 3.05) is 12.4 Å². The van der Waals surface area contributed by atoms with Gasteiger partial charge in [0.25, 0.3) is 5.91 Å². The number of ether oxygens (including phenoxy) is 1. The zero-order valence-electron chi connectivity index (χ0n) is 14.4. The number of halogens is 1. The highest BCUT2D eigenvalue weighted by Crippen LogP contribution is 2.30. The van der Waals surface area contributed by atoms with Gasteiger partial charge in [-0.3, -0.25) is 9.78 Å². The number of amides is 1. The maximum Gasteiger partial charge on any atom is 0.257 e. The molecule has 2 N–H and O–H groups in total. The van der Waals surface area contributed by atoms with Gasteiger partial charge >= 0.3 is 0 Å². The summed E-state index contributed by atoms with van der Waals surface area (Å²) in [6, 6.07) is 11.4. The zero-order valence-corrected chi connectivity index (χ0v) is 15.9. The first-order chi connectivity index (χ1) is 13.2. The van der Waals surface area contributed by atoms with Gasteiger partial charge in [-0.1, -0.05) is 12.1 Å². The Labute approximate surface area is 163 Å². The van der Waals surface area contributed by atoms with E-state index in [1.165, 1.54) is 0 Å². The number of H-pyrrole nitrogens is 1. The maximum atomic E-state index is 12.9. The lowest BCUT2D eigenvalue weighted by Gasteiger charge is -2.11. The van der Waals surface area contributed by atoms with E-state index in [1.807, 2.05) is 36.4 Å². The SMILES string of the molecule is COc1cccc(-c2ccncc2NC(=O)c2c[nH]c3ncc(Br)cc23)c1. The number of aromatic amines is 1. The first kappa shape index (κ1) is 17.2. The number of nitrogens with zero attached hydrogens (tertiary/aromatic N) is 2. The minimum absolute atomic E-state index is 0.238. The van der Waals surface area contributed by atoms with Gasteiger partial charge in [0, 0.05) is 34.0 Å². The van der Waals surface area contributed by atoms with Crippen LogP contribution in [0.5, 0.6) is 5.75 Å². The lowest BCUT2D eigenvalue weighted by Crippen LogP contribution is -2.12. The van der Waals surface area contributed by atoms with Gasteiger partial charge in [-0.25, -0.2) is 4.98 Å². The lowest BCUT2D eigenvalue weighted by molar-refractivity contribution is 0.102. The first-order valence-corrected chi connectivity index (χ1v) is 8.97. The average molecular weight is 423 g/mol. The second-order valence-electron chi connectivity index (χ2n) is 5.86. The molecule has 7 heteroatoms. The van der Waals surface area contributed by atoms with Crippen molar-refractivity contribution in [1.82, 2.24) is 15.0 Å². The number of aromatic nitrogens is 3. The van der Waals surface area contributed by atoms with Gasteiger partial charge in [-0.05, 0) is 45.8 Å². The standard InChI is InChI=1S/C20H15BrN4O2/c1-27-14-4-2-3-12(7-14)15-5-6-22-11-18(15)25-20(26)17-10-24-19-16(17)8-13(21)9-23-19/h2-11H,1H3,(H,23,24)(H,25,26). The summed E-state index contributed by atoms with van der Waals surface area (Å²) in [5, 5.41) is 3.70. The van der Waals surface area contributed by atoms with Gasteiger partial charge in [0.2, 0.25) is 0 Å². The van der Waals surface area contributed by atoms with Crippen LogP contribution in [0.1, 0.15) is 10.4 Å². The van der Waals surface area contributed by atoms with Crippen LogP contribution in [0.25, 0.3) is 22.2 Å². The molecule has 4 aromatic rings. The molecule has 0 aliphatic heterocycles. The van der Waals surface area contributed by atoms with E-state index in [-0.39, 0.29) is 5.91 Å². The summed E-state index contributed by atoms with van der Waals surface area (Å²) in [5.74, 6) is 0.507. The van der Waals surface area contributed by atoms with Gasteiger partial charge in [0.1, 0.15) is 11.4 Å². The Hall–Kier alpha value is -3.19. The number of hydrogen-bond donors (Lipinski definition) is 2. The van der Waals surface area contributed by atoms with Crippen molar-refractivity contribution < 1.29 is 9.53 Å². The lowest BCUT2D eigenvalue weighted by atomic mass is 10.0. The highest BCUT2D eigenvalue weighted by atomic mass is 79.9. The van der Waals surface area contributed by atoms with Crippen molar-refractivity contribution in [2.24, 2.45) is 0 Å². The molecule has 0 spiro atoms. The second-order valence-corrected chi connectivity index (χ2v) is 6.78. The summed E-state index contributed by atoms with van der Waals surface area (Å²) in [7, 11) is 1.62. The van der Waals surface area contributed by atoms with Crippen LogP contribution in [0.15, 0.2) is 65.7 Å². The van der Waals surface area contributed by atoms with E-state index in [1.54, 1.807) is 31.9 Å². The molecule has 3 aromatic heterocycles. The predicted octanol–water partition coefficient (Wildman–Crippen LogP) is 4.65. The van der Waals surface area contributed by atoms with Gasteiger partial charge < -0.3 is 15.0 Å². The Morgan fingerprint density at radius 1 is 1.22 bits per heavy atom. The maximum absolute atomic E-state index is 12.9. The zero-order chi connectivity index (χ0) is 18.8. The molecule has 1 aromatic carbocycles. The third-order valence-electron chi connectivity index (χ3n) is 4.19. The number of anilines is 1. The number of nitrogens with one attached hydrogen (secondary N) is 2. The molecule has 0 atom stereocenters. The first-order valence-electron chi connectivity index (χ1n) is 8.18. The number of hydrogen-bond acceptors (Lipinski definition) is 4. The molecule has 0 saturated heterocycles. The Bertz CT molecular complexity index is 1140. The monoisotopic (exact) mass is 422 g/mol. The quantitative estimate of drug-likeness (QED) is 0.501. The van der Waals surface area contributed by atoms with Crippen LogP contribution in [0.2, 0.25) is 0 Å². The average Bonchev–Trinajstić information content (AvgIpc) is 3.11. The van der Waals surface area contributed by atoms with E-state index < -0.39 is 0 Å². The summed E-state index contributed by atoms with van der Waals surface area (Å²) in [6.45, 7) is 0. The van der Waals surface area contributed by atoms with Crippen LogP contribution in [0.3, 0.4) is 0 Å². The molecule has 3 heterocycles. The summed E-state index contributed by atoms with van der Waals surface area (Å²) in [6.07, 6.45) is 6.66. The molecular weight excluding hydrogens is 408 g/mol. The van der Waals surface area contributed by atoms with Crippen molar-refractivity contribution >= 4 is 38.6 Å². The molecule has 0 unspecified atom stereocenters. The van der Waals surface area contributed by atoms with Crippen LogP contribution in [0.4, 0.5) is 5.69 Å². The normalized spacial score (nSPS) is 10.7. The molecule has 0 aliphatic carbocycles. The van der Waals surface area contributed by atoms with Crippen molar-refractivity contribution in [1.29, 1.82) is 0 Å². The fraction of sp³-hybridized carbons (Fsp3) is 0.0500. The molecular formula is C20H15BrN4O2. The third-order valence-corrected chi connectivity index (χ3v) is 4.63. The largest absolute Gasteiger partial charge is 0.497 e. The van der Waals surface area contributed by atoms with E-state index in [9.17, 15) is 4.79 Å². The minimum atomic E-state index is -0.238. The molecule has 4 rings (SSSR count). The van der Waals surface area contributed by atoms with Gasteiger partial charge in [-0.15, -0.1) is 0 Å². The summed E-state index contributed by atoms with van der Waals surface area (Å²) >= 11 is 3.39. The smallest absolute Gasteiger partial charge is 0.257 e. The summed E-state index contributed by atoms with van der Waals surface area (Å²) in [5.41, 5.74) is 3.57. The van der Waals surface area contributed by atoms with Crippen LogP contribution in [-0.2, 0) is 0 Å².